The summed E-state index contributed by atoms with van der Waals surface area (Å²) in [6, 6.07) is 10.1. The molecule has 1 aromatic carbocycles. The van der Waals surface area contributed by atoms with E-state index in [2.05, 4.69) is 11.9 Å². The predicted octanol–water partition coefficient (Wildman–Crippen LogP) is 0.918. The van der Waals surface area contributed by atoms with Gasteiger partial charge in [0.2, 0.25) is 0 Å². The number of nitrogens with zero attached hydrogens (tertiary/aromatic N) is 1. The summed E-state index contributed by atoms with van der Waals surface area (Å²) in [4.78, 5) is 14.8. The standard InChI is InChI=1S/C17H21NO4/c1-18-13-7-11(8-14(18)16-15(13)22-16)21-17(20)12(9-19)10-5-3-2-4-6-10/h2-6,11-16,19H,7-9H2,1H3/t11?,12-,13-,14+,15-,16-/m1/s1. The first kappa shape index (κ1) is 14.2. The van der Waals surface area contributed by atoms with Crippen LogP contribution in [0.2, 0.25) is 0 Å². The lowest BCUT2D eigenvalue weighted by Crippen LogP contribution is -2.48. The molecule has 5 nitrogen and oxygen atoms in total. The fraction of sp³-hybridized carbons (Fsp3) is 0.588. The van der Waals surface area contributed by atoms with Gasteiger partial charge in [-0.1, -0.05) is 30.3 Å². The van der Waals surface area contributed by atoms with Crippen LogP contribution in [0.4, 0.5) is 0 Å². The van der Waals surface area contributed by atoms with Crippen molar-refractivity contribution >= 4 is 5.97 Å². The van der Waals surface area contributed by atoms with E-state index in [0.717, 1.165) is 18.4 Å². The number of rotatable bonds is 4. The highest BCUT2D eigenvalue weighted by atomic mass is 16.6. The maximum atomic E-state index is 12.4. The molecule has 1 unspecified atom stereocenters. The molecule has 0 saturated carbocycles. The van der Waals surface area contributed by atoms with Crippen LogP contribution >= 0.6 is 0 Å². The maximum Gasteiger partial charge on any atom is 0.316 e. The molecular weight excluding hydrogens is 282 g/mol. The zero-order chi connectivity index (χ0) is 15.3. The van der Waals surface area contributed by atoms with E-state index >= 15 is 0 Å². The Labute approximate surface area is 129 Å². The zero-order valence-electron chi connectivity index (χ0n) is 12.6. The molecule has 5 heteroatoms. The minimum atomic E-state index is -0.593. The summed E-state index contributed by atoms with van der Waals surface area (Å²) in [6.07, 6.45) is 2.26. The number of epoxide rings is 1. The number of aliphatic hydroxyl groups is 1. The van der Waals surface area contributed by atoms with Crippen LogP contribution < -0.4 is 0 Å². The summed E-state index contributed by atoms with van der Waals surface area (Å²) in [5.41, 5.74) is 0.803. The molecule has 2 bridgehead atoms. The Bertz CT molecular complexity index is 545. The minimum absolute atomic E-state index is 0.0622. The highest BCUT2D eigenvalue weighted by molar-refractivity contribution is 5.78. The van der Waals surface area contributed by atoms with Crippen molar-refractivity contribution in [2.45, 2.75) is 49.2 Å². The van der Waals surface area contributed by atoms with Gasteiger partial charge >= 0.3 is 5.97 Å². The van der Waals surface area contributed by atoms with Gasteiger partial charge in [-0.2, -0.15) is 0 Å². The normalized spacial score (nSPS) is 37.5. The monoisotopic (exact) mass is 303 g/mol. The Kier molecular flexibility index (Phi) is 3.44. The molecule has 3 saturated heterocycles. The van der Waals surface area contributed by atoms with Crippen LogP contribution in [0.25, 0.3) is 0 Å². The van der Waals surface area contributed by atoms with Crippen molar-refractivity contribution in [3.63, 3.8) is 0 Å². The average molecular weight is 303 g/mol. The number of fused-ring (bicyclic) bond motifs is 5. The fourth-order valence-electron chi connectivity index (χ4n) is 4.04. The molecule has 0 radical (unpaired) electrons. The number of carbonyl (C=O) groups excluding carboxylic acids is 1. The number of benzene rings is 1. The van der Waals surface area contributed by atoms with Crippen molar-refractivity contribution in [2.24, 2.45) is 0 Å². The van der Waals surface area contributed by atoms with Gasteiger partial charge in [0.25, 0.3) is 0 Å². The number of esters is 1. The highest BCUT2D eigenvalue weighted by Crippen LogP contribution is 2.48. The van der Waals surface area contributed by atoms with Gasteiger partial charge in [-0.3, -0.25) is 9.69 Å². The third-order valence-electron chi connectivity index (χ3n) is 5.33. The molecule has 3 aliphatic heterocycles. The summed E-state index contributed by atoms with van der Waals surface area (Å²) in [5, 5.41) is 9.56. The minimum Gasteiger partial charge on any atom is -0.462 e. The van der Waals surface area contributed by atoms with Crippen molar-refractivity contribution in [1.82, 2.24) is 4.90 Å². The highest BCUT2D eigenvalue weighted by Gasteiger charge is 2.62. The Balaban J connectivity index is 1.42. The van der Waals surface area contributed by atoms with Gasteiger partial charge < -0.3 is 14.6 Å². The molecule has 1 N–H and O–H groups in total. The van der Waals surface area contributed by atoms with Crippen molar-refractivity contribution in [2.75, 3.05) is 13.7 Å². The third-order valence-corrected chi connectivity index (χ3v) is 5.33. The molecule has 6 atom stereocenters. The van der Waals surface area contributed by atoms with Gasteiger partial charge in [-0.25, -0.2) is 0 Å². The maximum absolute atomic E-state index is 12.4. The van der Waals surface area contributed by atoms with Crippen molar-refractivity contribution in [3.8, 4) is 0 Å². The van der Waals surface area contributed by atoms with Gasteiger partial charge in [0.15, 0.2) is 0 Å². The molecule has 118 valence electrons. The number of hydrogen-bond acceptors (Lipinski definition) is 5. The van der Waals surface area contributed by atoms with E-state index in [4.69, 9.17) is 9.47 Å². The average Bonchev–Trinajstić information content (AvgIpc) is 3.27. The Morgan fingerprint density at radius 1 is 1.32 bits per heavy atom. The van der Waals surface area contributed by atoms with Gasteiger partial charge in [-0.15, -0.1) is 0 Å². The number of carbonyl (C=O) groups is 1. The van der Waals surface area contributed by atoms with E-state index in [1.807, 2.05) is 30.3 Å². The Hall–Kier alpha value is -1.43. The van der Waals surface area contributed by atoms with E-state index in [-0.39, 0.29) is 18.7 Å². The smallest absolute Gasteiger partial charge is 0.316 e. The Morgan fingerprint density at radius 3 is 2.55 bits per heavy atom. The molecule has 3 heterocycles. The molecule has 3 aliphatic rings. The number of piperidine rings is 1. The number of morpholine rings is 1. The van der Waals surface area contributed by atoms with Gasteiger partial charge in [0, 0.05) is 24.9 Å². The van der Waals surface area contributed by atoms with Crippen LogP contribution in [0.3, 0.4) is 0 Å². The van der Waals surface area contributed by atoms with Gasteiger partial charge in [-0.05, 0) is 12.6 Å². The quantitative estimate of drug-likeness (QED) is 0.662. The van der Waals surface area contributed by atoms with Gasteiger partial charge in [0.05, 0.1) is 6.61 Å². The van der Waals surface area contributed by atoms with Crippen LogP contribution in [0.15, 0.2) is 30.3 Å². The lowest BCUT2D eigenvalue weighted by Gasteiger charge is -2.38. The molecule has 0 spiro atoms. The van der Waals surface area contributed by atoms with E-state index < -0.39 is 5.92 Å². The number of ether oxygens (including phenoxy) is 2. The Morgan fingerprint density at radius 2 is 1.95 bits per heavy atom. The SMILES string of the molecule is CN1[C@@H]2CC(OC(=O)[C@H](CO)c3ccccc3)C[C@H]1[C@H]1O[C@@H]12. The summed E-state index contributed by atoms with van der Waals surface area (Å²) in [6.45, 7) is -0.226. The summed E-state index contributed by atoms with van der Waals surface area (Å²) in [7, 11) is 2.13. The first-order valence-electron chi connectivity index (χ1n) is 7.92. The second-order valence-corrected chi connectivity index (χ2v) is 6.54. The summed E-state index contributed by atoms with van der Waals surface area (Å²) < 4.78 is 11.4. The number of aliphatic hydroxyl groups excluding tert-OH is 1. The van der Waals surface area contributed by atoms with Gasteiger partial charge in [0.1, 0.15) is 24.2 Å². The zero-order valence-corrected chi connectivity index (χ0v) is 12.6. The second kappa shape index (κ2) is 5.33. The molecule has 0 aliphatic carbocycles. The molecule has 3 fully saturated rings. The van der Waals surface area contributed by atoms with Crippen LogP contribution in [0.5, 0.6) is 0 Å². The predicted molar refractivity (Wildman–Crippen MR) is 79.4 cm³/mol. The second-order valence-electron chi connectivity index (χ2n) is 6.54. The summed E-state index contributed by atoms with van der Waals surface area (Å²) in [5.74, 6) is -0.915. The van der Waals surface area contributed by atoms with E-state index in [0.29, 0.717) is 24.3 Å². The number of likely N-dealkylation sites (N-methyl/N-ethyl adjacent to an activating group) is 1. The van der Waals surface area contributed by atoms with Crippen molar-refractivity contribution < 1.29 is 19.4 Å². The molecule has 0 amide bonds. The molecule has 1 aromatic rings. The molecular formula is C17H21NO4. The first-order chi connectivity index (χ1) is 10.7. The van der Waals surface area contributed by atoms with Crippen LogP contribution in [-0.2, 0) is 14.3 Å². The lowest BCUT2D eigenvalue weighted by molar-refractivity contribution is -0.156. The van der Waals surface area contributed by atoms with Crippen molar-refractivity contribution in [3.05, 3.63) is 35.9 Å². The largest absolute Gasteiger partial charge is 0.462 e. The fourth-order valence-corrected chi connectivity index (χ4v) is 4.04. The number of hydrogen-bond donors (Lipinski definition) is 1. The molecule has 22 heavy (non-hydrogen) atoms. The molecule has 4 rings (SSSR count). The third kappa shape index (κ3) is 2.24. The first-order valence-corrected chi connectivity index (χ1v) is 7.92. The lowest BCUT2D eigenvalue weighted by atomic mass is 9.97. The van der Waals surface area contributed by atoms with Crippen molar-refractivity contribution in [1.29, 1.82) is 0 Å². The van der Waals surface area contributed by atoms with Crippen LogP contribution in [0, 0.1) is 0 Å². The molecule has 0 aromatic heterocycles. The topological polar surface area (TPSA) is 62.3 Å². The van der Waals surface area contributed by atoms with E-state index in [1.54, 1.807) is 0 Å². The van der Waals surface area contributed by atoms with E-state index in [9.17, 15) is 9.90 Å². The van der Waals surface area contributed by atoms with Crippen LogP contribution in [0.1, 0.15) is 24.3 Å². The van der Waals surface area contributed by atoms with E-state index in [1.165, 1.54) is 0 Å². The van der Waals surface area contributed by atoms with Crippen LogP contribution in [-0.4, -0.2) is 60.0 Å². The summed E-state index contributed by atoms with van der Waals surface area (Å²) >= 11 is 0.